The number of carbonyl (C=O) groups excluding carboxylic acids is 2. The van der Waals surface area contributed by atoms with Crippen LogP contribution in [-0.2, 0) is 4.74 Å². The summed E-state index contributed by atoms with van der Waals surface area (Å²) in [7, 11) is 1.71. The molecule has 1 spiro atoms. The van der Waals surface area contributed by atoms with Gasteiger partial charge in [-0.3, -0.25) is 4.79 Å². The maximum Gasteiger partial charge on any atom is 0.410 e. The van der Waals surface area contributed by atoms with Crippen LogP contribution in [0.2, 0.25) is 0 Å². The highest BCUT2D eigenvalue weighted by Gasteiger charge is 2.49. The number of ether oxygens (including phenoxy) is 1. The average molecular weight is 314 g/mol. The number of pyridine rings is 1. The van der Waals surface area contributed by atoms with Gasteiger partial charge < -0.3 is 18.9 Å². The Hall–Kier alpha value is -2.57. The number of rotatable bonds is 1. The van der Waals surface area contributed by atoms with Crippen molar-refractivity contribution in [1.29, 1.82) is 0 Å². The van der Waals surface area contributed by atoms with Crippen LogP contribution in [0, 0.1) is 6.92 Å². The van der Waals surface area contributed by atoms with Gasteiger partial charge in [0.25, 0.3) is 5.91 Å². The first kappa shape index (κ1) is 14.0. The van der Waals surface area contributed by atoms with Crippen molar-refractivity contribution in [2.75, 3.05) is 26.7 Å². The molecular formula is C16H18N4O3. The molecule has 2 amide bonds. The van der Waals surface area contributed by atoms with Gasteiger partial charge in [0.2, 0.25) is 0 Å². The molecule has 2 aromatic rings. The minimum atomic E-state index is -0.559. The number of fused-ring (bicyclic) bond motifs is 1. The van der Waals surface area contributed by atoms with Gasteiger partial charge in [-0.15, -0.1) is 0 Å². The molecule has 2 saturated heterocycles. The van der Waals surface area contributed by atoms with Crippen LogP contribution in [0.3, 0.4) is 0 Å². The third-order valence-electron chi connectivity index (χ3n) is 4.66. The van der Waals surface area contributed by atoms with Crippen molar-refractivity contribution in [3.05, 3.63) is 35.8 Å². The molecule has 120 valence electrons. The molecule has 2 aromatic heterocycles. The second kappa shape index (κ2) is 4.71. The predicted octanol–water partition coefficient (Wildman–Crippen LogP) is 1.31. The fraction of sp³-hybridized carbons (Fsp3) is 0.438. The maximum absolute atomic E-state index is 12.7. The van der Waals surface area contributed by atoms with Crippen molar-refractivity contribution in [2.45, 2.75) is 18.9 Å². The van der Waals surface area contributed by atoms with E-state index in [0.717, 1.165) is 11.3 Å². The predicted molar refractivity (Wildman–Crippen MR) is 82.3 cm³/mol. The van der Waals surface area contributed by atoms with Crippen molar-refractivity contribution in [3.63, 3.8) is 0 Å². The zero-order valence-corrected chi connectivity index (χ0v) is 13.2. The van der Waals surface area contributed by atoms with Crippen molar-refractivity contribution in [1.82, 2.24) is 19.2 Å². The molecule has 23 heavy (non-hydrogen) atoms. The quantitative estimate of drug-likeness (QED) is 0.796. The second-order valence-corrected chi connectivity index (χ2v) is 6.41. The highest BCUT2D eigenvalue weighted by Crippen LogP contribution is 2.32. The van der Waals surface area contributed by atoms with Crippen LogP contribution in [0.4, 0.5) is 4.79 Å². The van der Waals surface area contributed by atoms with Crippen LogP contribution in [0.15, 0.2) is 24.4 Å². The van der Waals surface area contributed by atoms with E-state index in [-0.39, 0.29) is 12.0 Å². The van der Waals surface area contributed by atoms with Crippen LogP contribution in [0.25, 0.3) is 5.65 Å². The summed E-state index contributed by atoms with van der Waals surface area (Å²) in [4.78, 5) is 32.0. The van der Waals surface area contributed by atoms with Gasteiger partial charge in [-0.05, 0) is 19.1 Å². The van der Waals surface area contributed by atoms with Gasteiger partial charge in [-0.25, -0.2) is 9.78 Å². The van der Waals surface area contributed by atoms with Crippen LogP contribution in [0.1, 0.15) is 22.6 Å². The van der Waals surface area contributed by atoms with Crippen LogP contribution >= 0.6 is 0 Å². The lowest BCUT2D eigenvalue weighted by atomic mass is 10.0. The number of imidazole rings is 1. The lowest BCUT2D eigenvalue weighted by Crippen LogP contribution is -2.39. The fourth-order valence-corrected chi connectivity index (χ4v) is 3.44. The summed E-state index contributed by atoms with van der Waals surface area (Å²) in [5, 5.41) is 0. The van der Waals surface area contributed by atoms with Crippen molar-refractivity contribution < 1.29 is 14.3 Å². The van der Waals surface area contributed by atoms with Gasteiger partial charge >= 0.3 is 6.09 Å². The number of nitrogens with zero attached hydrogens (tertiary/aromatic N) is 4. The molecule has 1 atom stereocenters. The molecule has 0 radical (unpaired) electrons. The van der Waals surface area contributed by atoms with E-state index in [0.29, 0.717) is 31.7 Å². The molecule has 4 rings (SSSR count). The fourth-order valence-electron chi connectivity index (χ4n) is 3.44. The van der Waals surface area contributed by atoms with E-state index in [1.165, 1.54) is 0 Å². The van der Waals surface area contributed by atoms with Crippen LogP contribution < -0.4 is 0 Å². The number of hydrogen-bond donors (Lipinski definition) is 0. The molecule has 2 aliphatic heterocycles. The Morgan fingerprint density at radius 1 is 1.35 bits per heavy atom. The molecule has 7 heteroatoms. The third kappa shape index (κ3) is 2.15. The van der Waals surface area contributed by atoms with E-state index in [4.69, 9.17) is 4.74 Å². The Labute approximate surface area is 133 Å². The van der Waals surface area contributed by atoms with Gasteiger partial charge in [0, 0.05) is 31.9 Å². The summed E-state index contributed by atoms with van der Waals surface area (Å²) in [6, 6.07) is 5.77. The Balaban J connectivity index is 1.58. The topological polar surface area (TPSA) is 67.2 Å². The summed E-state index contributed by atoms with van der Waals surface area (Å²) in [6.45, 7) is 3.50. The summed E-state index contributed by atoms with van der Waals surface area (Å²) in [5.74, 6) is -0.115. The number of likely N-dealkylation sites (N-methyl/N-ethyl adjacent to an activating group) is 1. The normalized spacial score (nSPS) is 24.0. The standard InChI is InChI=1S/C16H18N4O3/c1-11-4-3-5-13-17-12(8-20(11)13)14(21)19-7-6-16(10-19)9-18(2)15(22)23-16/h3-5,8H,6-7,9-10H2,1-2H3/t16-/m1/s1. The summed E-state index contributed by atoms with van der Waals surface area (Å²) in [5.41, 5.74) is 1.65. The average Bonchev–Trinajstić information content (AvgIpc) is 3.18. The monoisotopic (exact) mass is 314 g/mol. The first-order valence-corrected chi connectivity index (χ1v) is 7.66. The third-order valence-corrected chi connectivity index (χ3v) is 4.66. The molecule has 0 N–H and O–H groups in total. The van der Waals surface area contributed by atoms with Gasteiger partial charge in [0.05, 0.1) is 13.1 Å². The zero-order valence-electron chi connectivity index (χ0n) is 13.2. The minimum absolute atomic E-state index is 0.115. The number of hydrogen-bond acceptors (Lipinski definition) is 4. The van der Waals surface area contributed by atoms with Gasteiger partial charge in [-0.1, -0.05) is 6.07 Å². The molecule has 0 saturated carbocycles. The largest absolute Gasteiger partial charge is 0.439 e. The molecule has 0 unspecified atom stereocenters. The van der Waals surface area contributed by atoms with E-state index < -0.39 is 5.60 Å². The molecule has 0 aliphatic carbocycles. The SMILES string of the molecule is Cc1cccc2nc(C(=O)N3CC[C@@]4(CN(C)C(=O)O4)C3)cn12. The van der Waals surface area contributed by atoms with Crippen LogP contribution in [-0.4, -0.2) is 63.5 Å². The van der Waals surface area contributed by atoms with E-state index in [9.17, 15) is 9.59 Å². The van der Waals surface area contributed by atoms with E-state index in [1.54, 1.807) is 23.0 Å². The highest BCUT2D eigenvalue weighted by atomic mass is 16.6. The van der Waals surface area contributed by atoms with Crippen LogP contribution in [0.5, 0.6) is 0 Å². The van der Waals surface area contributed by atoms with Crippen molar-refractivity contribution in [3.8, 4) is 0 Å². The maximum atomic E-state index is 12.7. The first-order chi connectivity index (χ1) is 11.0. The Bertz CT molecular complexity index is 815. The molecule has 0 aromatic carbocycles. The molecule has 0 bridgehead atoms. The van der Waals surface area contributed by atoms with Crippen molar-refractivity contribution in [2.24, 2.45) is 0 Å². The number of carbonyl (C=O) groups is 2. The number of aryl methyl sites for hydroxylation is 1. The van der Waals surface area contributed by atoms with Crippen molar-refractivity contribution >= 4 is 17.6 Å². The number of likely N-dealkylation sites (tertiary alicyclic amines) is 1. The Kier molecular flexibility index (Phi) is 2.88. The summed E-state index contributed by atoms with van der Waals surface area (Å²) in [6.07, 6.45) is 2.12. The van der Waals surface area contributed by atoms with E-state index >= 15 is 0 Å². The van der Waals surface area contributed by atoms with E-state index in [1.807, 2.05) is 29.5 Å². The smallest absolute Gasteiger partial charge is 0.410 e. The molecular weight excluding hydrogens is 296 g/mol. The molecule has 2 fully saturated rings. The molecule has 4 heterocycles. The lowest BCUT2D eigenvalue weighted by Gasteiger charge is -2.21. The number of aromatic nitrogens is 2. The second-order valence-electron chi connectivity index (χ2n) is 6.41. The van der Waals surface area contributed by atoms with Gasteiger partial charge in [0.15, 0.2) is 5.60 Å². The van der Waals surface area contributed by atoms with E-state index in [2.05, 4.69) is 4.98 Å². The number of amides is 2. The van der Waals surface area contributed by atoms with Gasteiger partial charge in [-0.2, -0.15) is 0 Å². The van der Waals surface area contributed by atoms with Gasteiger partial charge in [0.1, 0.15) is 11.3 Å². The highest BCUT2D eigenvalue weighted by molar-refractivity contribution is 5.93. The summed E-state index contributed by atoms with van der Waals surface area (Å²) >= 11 is 0. The zero-order chi connectivity index (χ0) is 16.2. The first-order valence-electron chi connectivity index (χ1n) is 7.66. The Morgan fingerprint density at radius 2 is 2.17 bits per heavy atom. The molecule has 7 nitrogen and oxygen atoms in total. The summed E-state index contributed by atoms with van der Waals surface area (Å²) < 4.78 is 7.39. The molecule has 2 aliphatic rings. The lowest BCUT2D eigenvalue weighted by molar-refractivity contribution is 0.0551. The minimum Gasteiger partial charge on any atom is -0.439 e. The Morgan fingerprint density at radius 3 is 2.87 bits per heavy atom.